The normalized spacial score (nSPS) is 27.2. The van der Waals surface area contributed by atoms with E-state index in [1.54, 1.807) is 6.07 Å². The maximum atomic E-state index is 12.7. The minimum Gasteiger partial charge on any atom is -0.269 e. The van der Waals surface area contributed by atoms with E-state index in [4.69, 9.17) is 11.6 Å². The highest BCUT2D eigenvalue weighted by Gasteiger charge is 2.40. The first-order valence-electron chi connectivity index (χ1n) is 8.23. The number of halogens is 1. The molecule has 0 bridgehead atoms. The van der Waals surface area contributed by atoms with Crippen molar-refractivity contribution in [2.24, 2.45) is 0 Å². The Morgan fingerprint density at radius 2 is 1.79 bits per heavy atom. The molecular formula is C18H18ClNO2S2. The summed E-state index contributed by atoms with van der Waals surface area (Å²) < 4.78 is 0.267. The van der Waals surface area contributed by atoms with Gasteiger partial charge in [0.2, 0.25) is 0 Å². The Hall–Kier alpha value is -0.910. The second-order valence-electron chi connectivity index (χ2n) is 6.43. The molecule has 2 atom stereocenters. The maximum absolute atomic E-state index is 12.7. The second kappa shape index (κ2) is 6.43. The predicted octanol–water partition coefficient (Wildman–Crippen LogP) is 4.95. The minimum atomic E-state index is -0.136. The molecule has 1 aliphatic carbocycles. The number of carbonyl (C=O) groups is 2. The van der Waals surface area contributed by atoms with E-state index in [1.165, 1.54) is 4.90 Å². The van der Waals surface area contributed by atoms with E-state index in [1.807, 2.05) is 35.7 Å². The summed E-state index contributed by atoms with van der Waals surface area (Å²) in [6, 6.07) is 5.53. The zero-order valence-corrected chi connectivity index (χ0v) is 15.8. The van der Waals surface area contributed by atoms with Crippen molar-refractivity contribution in [3.05, 3.63) is 39.9 Å². The summed E-state index contributed by atoms with van der Waals surface area (Å²) in [4.78, 5) is 26.8. The fourth-order valence-electron chi connectivity index (χ4n) is 3.50. The van der Waals surface area contributed by atoms with Crippen molar-refractivity contribution >= 4 is 52.6 Å². The zero-order valence-electron chi connectivity index (χ0n) is 13.4. The molecule has 3 nitrogen and oxygen atoms in total. The first kappa shape index (κ1) is 16.6. The molecule has 1 aromatic carbocycles. The monoisotopic (exact) mass is 379 g/mol. The molecule has 126 valence electrons. The zero-order chi connectivity index (χ0) is 16.8. The Morgan fingerprint density at radius 3 is 2.38 bits per heavy atom. The fraction of sp³-hybridized carbons (Fsp3) is 0.444. The standard InChI is InChI=1S/C18H18ClNO2S2/c1-10-9-23-18(24-10)14-8-11(6-7-15(14)19)20-16(21)12-4-2-3-5-13(12)17(20)22/h6-8,10,18H,2-5,9H2,1H3. The van der Waals surface area contributed by atoms with E-state index in [0.717, 1.165) is 48.1 Å². The molecule has 24 heavy (non-hydrogen) atoms. The highest BCUT2D eigenvalue weighted by atomic mass is 35.5. The summed E-state index contributed by atoms with van der Waals surface area (Å²) >= 11 is 10.2. The molecule has 0 N–H and O–H groups in total. The molecule has 0 spiro atoms. The molecule has 3 aliphatic rings. The van der Waals surface area contributed by atoms with Gasteiger partial charge in [0.05, 0.1) is 10.3 Å². The van der Waals surface area contributed by atoms with Crippen LogP contribution in [0.15, 0.2) is 29.3 Å². The molecule has 4 rings (SSSR count). The SMILES string of the molecule is CC1CSC(c2cc(N3C(=O)C4=C(CCCC4)C3=O)ccc2Cl)S1. The summed E-state index contributed by atoms with van der Waals surface area (Å²) in [7, 11) is 0. The van der Waals surface area contributed by atoms with Crippen molar-refractivity contribution < 1.29 is 9.59 Å². The lowest BCUT2D eigenvalue weighted by molar-refractivity contribution is -0.120. The Kier molecular flexibility index (Phi) is 4.43. The third-order valence-corrected chi connectivity index (χ3v) is 8.40. The van der Waals surface area contributed by atoms with Crippen LogP contribution < -0.4 is 4.90 Å². The number of carbonyl (C=O) groups excluding carboxylic acids is 2. The number of benzene rings is 1. The van der Waals surface area contributed by atoms with Gasteiger partial charge in [-0.2, -0.15) is 0 Å². The van der Waals surface area contributed by atoms with Gasteiger partial charge < -0.3 is 0 Å². The Morgan fingerprint density at radius 1 is 1.12 bits per heavy atom. The lowest BCUT2D eigenvalue weighted by Gasteiger charge is -2.19. The lowest BCUT2D eigenvalue weighted by atomic mass is 9.93. The van der Waals surface area contributed by atoms with Gasteiger partial charge >= 0.3 is 0 Å². The van der Waals surface area contributed by atoms with Gasteiger partial charge in [0, 0.05) is 27.2 Å². The molecule has 2 unspecified atom stereocenters. The van der Waals surface area contributed by atoms with Gasteiger partial charge in [-0.05, 0) is 49.4 Å². The van der Waals surface area contributed by atoms with Crippen LogP contribution >= 0.6 is 35.1 Å². The van der Waals surface area contributed by atoms with Gasteiger partial charge in [0.1, 0.15) is 0 Å². The van der Waals surface area contributed by atoms with Gasteiger partial charge in [-0.3, -0.25) is 9.59 Å². The number of imide groups is 1. The van der Waals surface area contributed by atoms with Gasteiger partial charge in [-0.15, -0.1) is 23.5 Å². The third kappa shape index (κ3) is 2.71. The van der Waals surface area contributed by atoms with Crippen LogP contribution in [-0.4, -0.2) is 22.8 Å². The number of hydrogen-bond acceptors (Lipinski definition) is 4. The minimum absolute atomic E-state index is 0.136. The molecule has 6 heteroatoms. The Bertz CT molecular complexity index is 733. The molecule has 2 amide bonds. The molecule has 1 fully saturated rings. The highest BCUT2D eigenvalue weighted by Crippen LogP contribution is 2.51. The first-order chi connectivity index (χ1) is 11.6. The predicted molar refractivity (Wildman–Crippen MR) is 102 cm³/mol. The van der Waals surface area contributed by atoms with Crippen molar-refractivity contribution in [1.82, 2.24) is 0 Å². The van der Waals surface area contributed by atoms with Crippen LogP contribution in [0, 0.1) is 0 Å². The van der Waals surface area contributed by atoms with Crippen molar-refractivity contribution in [2.45, 2.75) is 42.4 Å². The molecule has 0 radical (unpaired) electrons. The average molecular weight is 380 g/mol. The van der Waals surface area contributed by atoms with E-state index in [2.05, 4.69) is 6.92 Å². The maximum Gasteiger partial charge on any atom is 0.261 e. The topological polar surface area (TPSA) is 37.4 Å². The van der Waals surface area contributed by atoms with Crippen LogP contribution in [0.3, 0.4) is 0 Å². The number of nitrogens with zero attached hydrogens (tertiary/aromatic N) is 1. The van der Waals surface area contributed by atoms with Gasteiger partial charge in [0.25, 0.3) is 11.8 Å². The van der Waals surface area contributed by atoms with Gasteiger partial charge in [0.15, 0.2) is 0 Å². The lowest BCUT2D eigenvalue weighted by Crippen LogP contribution is -2.31. The molecule has 0 saturated carbocycles. The molecule has 2 aliphatic heterocycles. The van der Waals surface area contributed by atoms with E-state index in [0.29, 0.717) is 16.0 Å². The van der Waals surface area contributed by atoms with E-state index >= 15 is 0 Å². The van der Waals surface area contributed by atoms with Crippen molar-refractivity contribution in [3.63, 3.8) is 0 Å². The summed E-state index contributed by atoms with van der Waals surface area (Å²) in [5.41, 5.74) is 3.11. The number of rotatable bonds is 2. The molecule has 2 heterocycles. The second-order valence-corrected chi connectivity index (χ2v) is 9.82. The van der Waals surface area contributed by atoms with Crippen LogP contribution in [0.1, 0.15) is 42.8 Å². The van der Waals surface area contributed by atoms with Gasteiger partial charge in [-0.1, -0.05) is 18.5 Å². The first-order valence-corrected chi connectivity index (χ1v) is 10.6. The highest BCUT2D eigenvalue weighted by molar-refractivity contribution is 8.19. The largest absolute Gasteiger partial charge is 0.269 e. The Labute approximate surface area is 155 Å². The fourth-order valence-corrected chi connectivity index (χ4v) is 7.11. The van der Waals surface area contributed by atoms with Crippen molar-refractivity contribution in [3.8, 4) is 0 Å². The number of hydrogen-bond donors (Lipinski definition) is 0. The van der Waals surface area contributed by atoms with Crippen molar-refractivity contribution in [1.29, 1.82) is 0 Å². The molecule has 1 saturated heterocycles. The Balaban J connectivity index is 1.68. The quantitative estimate of drug-likeness (QED) is 0.681. The number of thioether (sulfide) groups is 2. The van der Waals surface area contributed by atoms with Crippen LogP contribution in [-0.2, 0) is 9.59 Å². The smallest absolute Gasteiger partial charge is 0.261 e. The van der Waals surface area contributed by atoms with Gasteiger partial charge in [-0.25, -0.2) is 4.90 Å². The van der Waals surface area contributed by atoms with Crippen LogP contribution in [0.5, 0.6) is 0 Å². The number of anilines is 1. The van der Waals surface area contributed by atoms with Crippen LogP contribution in [0.25, 0.3) is 0 Å². The molecule has 0 aromatic heterocycles. The van der Waals surface area contributed by atoms with Crippen LogP contribution in [0.4, 0.5) is 5.69 Å². The molecular weight excluding hydrogens is 362 g/mol. The number of amides is 2. The van der Waals surface area contributed by atoms with E-state index in [-0.39, 0.29) is 16.4 Å². The third-order valence-electron chi connectivity index (χ3n) is 4.72. The van der Waals surface area contributed by atoms with Crippen LogP contribution in [0.2, 0.25) is 5.02 Å². The molecule has 1 aromatic rings. The van der Waals surface area contributed by atoms with E-state index < -0.39 is 0 Å². The average Bonchev–Trinajstić information content (AvgIpc) is 3.12. The van der Waals surface area contributed by atoms with E-state index in [9.17, 15) is 9.59 Å². The summed E-state index contributed by atoms with van der Waals surface area (Å²) in [5.74, 6) is 0.818. The summed E-state index contributed by atoms with van der Waals surface area (Å²) in [6.45, 7) is 2.21. The summed E-state index contributed by atoms with van der Waals surface area (Å²) in [5, 5.41) is 1.29. The van der Waals surface area contributed by atoms with Crippen molar-refractivity contribution in [2.75, 3.05) is 10.7 Å². The summed E-state index contributed by atoms with van der Waals surface area (Å²) in [6.07, 6.45) is 3.43.